The Morgan fingerprint density at radius 2 is 1.55 bits per heavy atom. The minimum Gasteiger partial charge on any atom is -0.393 e. The second kappa shape index (κ2) is 9.82. The maximum atomic E-state index is 13.1. The first-order valence-corrected chi connectivity index (χ1v) is 12.1. The Hall–Kier alpha value is -3.08. The number of hydrogen-bond acceptors (Lipinski definition) is 7. The van der Waals surface area contributed by atoms with Gasteiger partial charge in [0.15, 0.2) is 0 Å². The molecule has 33 heavy (non-hydrogen) atoms. The molecule has 2 aromatic carbocycles. The maximum absolute atomic E-state index is 13.1. The Balaban J connectivity index is 1.42. The number of halogens is 1. The van der Waals surface area contributed by atoms with Crippen LogP contribution in [0.5, 0.6) is 0 Å². The van der Waals surface area contributed by atoms with E-state index in [1.54, 1.807) is 55.7 Å². The maximum Gasteiger partial charge on any atom is 0.243 e. The van der Waals surface area contributed by atoms with E-state index in [1.807, 2.05) is 0 Å². The van der Waals surface area contributed by atoms with Crippen molar-refractivity contribution >= 4 is 33.2 Å². The number of nitrogens with zero attached hydrogens (tertiary/aromatic N) is 3. The number of anilines is 4. The molecule has 1 saturated carbocycles. The second-order valence-corrected chi connectivity index (χ2v) is 10.0. The monoisotopic (exact) mass is 471 g/mol. The van der Waals surface area contributed by atoms with Crippen molar-refractivity contribution in [1.29, 1.82) is 0 Å². The van der Waals surface area contributed by atoms with Gasteiger partial charge in [-0.1, -0.05) is 0 Å². The lowest BCUT2D eigenvalue weighted by atomic mass is 9.93. The molecular weight excluding hydrogens is 445 g/mol. The molecule has 1 aliphatic rings. The number of hydrogen-bond donors (Lipinski definition) is 3. The molecule has 0 amide bonds. The van der Waals surface area contributed by atoms with Crippen LogP contribution in [-0.2, 0) is 10.0 Å². The molecule has 0 saturated heterocycles. The summed E-state index contributed by atoms with van der Waals surface area (Å²) < 4.78 is 40.5. The molecule has 1 heterocycles. The van der Waals surface area contributed by atoms with Crippen LogP contribution in [0, 0.1) is 5.82 Å². The third-order valence-corrected chi connectivity index (χ3v) is 7.66. The third-order valence-electron chi connectivity index (χ3n) is 5.74. The van der Waals surface area contributed by atoms with Gasteiger partial charge in [0, 0.05) is 30.7 Å². The quantitative estimate of drug-likeness (QED) is 0.478. The predicted octanol–water partition coefficient (Wildman–Crippen LogP) is 4.03. The number of sulfonamides is 1. The van der Waals surface area contributed by atoms with E-state index in [4.69, 9.17) is 0 Å². The van der Waals surface area contributed by atoms with Gasteiger partial charge in [0.1, 0.15) is 11.6 Å². The zero-order chi connectivity index (χ0) is 23.4. The summed E-state index contributed by atoms with van der Waals surface area (Å²) >= 11 is 0. The summed E-state index contributed by atoms with van der Waals surface area (Å²) in [4.78, 5) is 8.77. The van der Waals surface area contributed by atoms with E-state index in [-0.39, 0.29) is 22.9 Å². The average Bonchev–Trinajstić information content (AvgIpc) is 2.81. The van der Waals surface area contributed by atoms with Crippen LogP contribution in [0.2, 0.25) is 0 Å². The van der Waals surface area contributed by atoms with Crippen LogP contribution in [0.15, 0.2) is 65.7 Å². The van der Waals surface area contributed by atoms with Crippen LogP contribution < -0.4 is 10.6 Å². The highest BCUT2D eigenvalue weighted by Crippen LogP contribution is 2.27. The molecule has 0 atom stereocenters. The van der Waals surface area contributed by atoms with Crippen molar-refractivity contribution < 1.29 is 17.9 Å². The normalized spacial score (nSPS) is 18.8. The van der Waals surface area contributed by atoms with Crippen LogP contribution in [0.25, 0.3) is 0 Å². The van der Waals surface area contributed by atoms with Crippen LogP contribution in [-0.4, -0.2) is 47.0 Å². The summed E-state index contributed by atoms with van der Waals surface area (Å²) in [6.07, 6.45) is 3.77. The first-order chi connectivity index (χ1) is 15.8. The number of rotatable bonds is 7. The second-order valence-electron chi connectivity index (χ2n) is 8.03. The Bertz CT molecular complexity index is 1180. The van der Waals surface area contributed by atoms with Gasteiger partial charge >= 0.3 is 0 Å². The molecule has 0 radical (unpaired) electrons. The van der Waals surface area contributed by atoms with Gasteiger partial charge in [-0.05, 0) is 80.3 Å². The number of benzene rings is 2. The standard InChI is InChI=1S/C23H26FN5O3S/c1-29(19-8-10-20(30)11-9-19)33(31,32)21-12-6-18(7-13-21)27-23-25-15-14-22(28-23)26-17-4-2-16(24)3-5-17/h2-7,12-15,19-20,30H,8-11H2,1H3,(H2,25,26,27,28). The van der Waals surface area contributed by atoms with Gasteiger partial charge in [0.25, 0.3) is 0 Å². The van der Waals surface area contributed by atoms with Crippen LogP contribution in [0.3, 0.4) is 0 Å². The Kier molecular flexibility index (Phi) is 6.87. The van der Waals surface area contributed by atoms with Gasteiger partial charge in [-0.25, -0.2) is 17.8 Å². The van der Waals surface area contributed by atoms with E-state index in [9.17, 15) is 17.9 Å². The van der Waals surface area contributed by atoms with E-state index in [1.165, 1.54) is 16.4 Å². The van der Waals surface area contributed by atoms with Gasteiger partial charge in [-0.15, -0.1) is 0 Å². The highest BCUT2D eigenvalue weighted by molar-refractivity contribution is 7.89. The molecule has 0 spiro atoms. The molecule has 10 heteroatoms. The SMILES string of the molecule is CN(C1CCC(O)CC1)S(=O)(=O)c1ccc(Nc2nccc(Nc3ccc(F)cc3)n2)cc1. The summed E-state index contributed by atoms with van der Waals surface area (Å²) in [7, 11) is -2.04. The molecule has 8 nitrogen and oxygen atoms in total. The minimum absolute atomic E-state index is 0.110. The highest BCUT2D eigenvalue weighted by Gasteiger charge is 2.30. The molecule has 4 rings (SSSR count). The van der Waals surface area contributed by atoms with E-state index >= 15 is 0 Å². The molecule has 0 unspecified atom stereocenters. The summed E-state index contributed by atoms with van der Waals surface area (Å²) in [6, 6.07) is 13.9. The fourth-order valence-corrected chi connectivity index (χ4v) is 5.21. The molecule has 1 aliphatic carbocycles. The Morgan fingerprint density at radius 1 is 0.939 bits per heavy atom. The zero-order valence-electron chi connectivity index (χ0n) is 18.1. The van der Waals surface area contributed by atoms with Crippen molar-refractivity contribution in [3.05, 3.63) is 66.6 Å². The first-order valence-electron chi connectivity index (χ1n) is 10.7. The lowest BCUT2D eigenvalue weighted by Gasteiger charge is -2.32. The molecule has 0 aliphatic heterocycles. The predicted molar refractivity (Wildman–Crippen MR) is 125 cm³/mol. The van der Waals surface area contributed by atoms with Crippen molar-refractivity contribution in [3.63, 3.8) is 0 Å². The van der Waals surface area contributed by atoms with Crippen molar-refractivity contribution in [2.45, 2.75) is 42.7 Å². The van der Waals surface area contributed by atoms with E-state index in [0.29, 0.717) is 48.8 Å². The molecule has 0 bridgehead atoms. The number of aliphatic hydroxyl groups excluding tert-OH is 1. The topological polar surface area (TPSA) is 107 Å². The minimum atomic E-state index is -3.63. The zero-order valence-corrected chi connectivity index (χ0v) is 19.0. The first kappa shape index (κ1) is 23.1. The summed E-state index contributed by atoms with van der Waals surface area (Å²) in [5, 5.41) is 15.8. The van der Waals surface area contributed by atoms with Crippen molar-refractivity contribution in [2.24, 2.45) is 0 Å². The van der Waals surface area contributed by atoms with Crippen LogP contribution >= 0.6 is 0 Å². The lowest BCUT2D eigenvalue weighted by Crippen LogP contribution is -2.40. The van der Waals surface area contributed by atoms with E-state index in [2.05, 4.69) is 20.6 Å². The fraction of sp³-hybridized carbons (Fsp3) is 0.304. The van der Waals surface area contributed by atoms with Crippen molar-refractivity contribution in [1.82, 2.24) is 14.3 Å². The fourth-order valence-electron chi connectivity index (χ4n) is 3.79. The highest BCUT2D eigenvalue weighted by atomic mass is 32.2. The molecule has 1 fully saturated rings. The van der Waals surface area contributed by atoms with Gasteiger partial charge in [0.2, 0.25) is 16.0 Å². The van der Waals surface area contributed by atoms with Gasteiger partial charge in [-0.3, -0.25) is 0 Å². The van der Waals surface area contributed by atoms with Crippen molar-refractivity contribution in [3.8, 4) is 0 Å². The number of nitrogens with one attached hydrogen (secondary N) is 2. The molecule has 3 aromatic rings. The summed E-state index contributed by atoms with van der Waals surface area (Å²) in [5.74, 6) is 0.535. The summed E-state index contributed by atoms with van der Waals surface area (Å²) in [6.45, 7) is 0. The number of aromatic nitrogens is 2. The molecule has 174 valence electrons. The smallest absolute Gasteiger partial charge is 0.243 e. The lowest BCUT2D eigenvalue weighted by molar-refractivity contribution is 0.104. The average molecular weight is 472 g/mol. The van der Waals surface area contributed by atoms with Crippen LogP contribution in [0.1, 0.15) is 25.7 Å². The Morgan fingerprint density at radius 3 is 2.21 bits per heavy atom. The van der Waals surface area contributed by atoms with Gasteiger partial charge in [-0.2, -0.15) is 9.29 Å². The molecule has 3 N–H and O–H groups in total. The number of aliphatic hydroxyl groups is 1. The van der Waals surface area contributed by atoms with E-state index in [0.717, 1.165) is 0 Å². The van der Waals surface area contributed by atoms with Gasteiger partial charge in [0.05, 0.1) is 11.0 Å². The van der Waals surface area contributed by atoms with E-state index < -0.39 is 10.0 Å². The van der Waals surface area contributed by atoms with Gasteiger partial charge < -0.3 is 15.7 Å². The van der Waals surface area contributed by atoms with Crippen LogP contribution in [0.4, 0.5) is 27.5 Å². The van der Waals surface area contributed by atoms with Crippen molar-refractivity contribution in [2.75, 3.05) is 17.7 Å². The Labute approximate surface area is 192 Å². The largest absolute Gasteiger partial charge is 0.393 e. The molecule has 1 aromatic heterocycles. The third kappa shape index (κ3) is 5.65. The molecular formula is C23H26FN5O3S. The summed E-state index contributed by atoms with van der Waals surface area (Å²) in [5.41, 5.74) is 1.32.